The monoisotopic (exact) mass is 500 g/mol. The first-order valence-electron chi connectivity index (χ1n) is 12.0. The highest BCUT2D eigenvalue weighted by molar-refractivity contribution is 7.99. The number of aryl methyl sites for hydroxylation is 2. The summed E-state index contributed by atoms with van der Waals surface area (Å²) in [5.74, 6) is 2.86. The van der Waals surface area contributed by atoms with Gasteiger partial charge in [0, 0.05) is 23.5 Å². The molecule has 1 aromatic heterocycles. The van der Waals surface area contributed by atoms with E-state index in [9.17, 15) is 4.79 Å². The summed E-state index contributed by atoms with van der Waals surface area (Å²) in [6, 6.07) is 23.6. The van der Waals surface area contributed by atoms with Gasteiger partial charge in [0.1, 0.15) is 6.61 Å². The lowest BCUT2D eigenvalue weighted by Crippen LogP contribution is -2.24. The summed E-state index contributed by atoms with van der Waals surface area (Å²) < 4.78 is 14.2. The molecule has 2 heterocycles. The molecule has 7 nitrogen and oxygen atoms in total. The molecule has 1 atom stereocenters. The second-order valence-corrected chi connectivity index (χ2v) is 9.71. The lowest BCUT2D eigenvalue weighted by atomic mass is 10.1. The van der Waals surface area contributed by atoms with Crippen molar-refractivity contribution in [3.05, 3.63) is 89.7 Å². The Balaban J connectivity index is 1.27. The molecule has 0 saturated heterocycles. The summed E-state index contributed by atoms with van der Waals surface area (Å²) in [6.45, 7) is 4.36. The Morgan fingerprint density at radius 1 is 0.972 bits per heavy atom. The van der Waals surface area contributed by atoms with E-state index >= 15 is 0 Å². The lowest BCUT2D eigenvalue weighted by Gasteiger charge is -2.26. The Bertz CT molecular complexity index is 1340. The van der Waals surface area contributed by atoms with E-state index in [1.165, 1.54) is 0 Å². The van der Waals surface area contributed by atoms with Crippen molar-refractivity contribution in [3.63, 3.8) is 0 Å². The molecule has 8 heteroatoms. The Labute approximate surface area is 214 Å². The van der Waals surface area contributed by atoms with Crippen LogP contribution in [0.25, 0.3) is 5.69 Å². The minimum Gasteiger partial charge on any atom is -0.485 e. The van der Waals surface area contributed by atoms with Crippen molar-refractivity contribution in [1.29, 1.82) is 0 Å². The van der Waals surface area contributed by atoms with Crippen molar-refractivity contribution in [2.75, 3.05) is 17.7 Å². The van der Waals surface area contributed by atoms with Gasteiger partial charge in [-0.2, -0.15) is 0 Å². The zero-order valence-electron chi connectivity index (χ0n) is 20.3. The first-order chi connectivity index (χ1) is 17.6. The standard InChI is InChI=1S/C28H28N4O3S/c1-19-10-8-11-20(2)26(19)29-25(33)16-9-17-36-28-31-30-27(32(28)21-12-4-3-5-13-21)24-18-34-22-14-6-7-15-23(22)35-24/h3-8,10-15,24H,9,16-18H2,1-2H3,(H,29,33)/t24-/m1/s1. The predicted octanol–water partition coefficient (Wildman–Crippen LogP) is 5.91. The van der Waals surface area contributed by atoms with Gasteiger partial charge in [0.25, 0.3) is 0 Å². The molecule has 36 heavy (non-hydrogen) atoms. The van der Waals surface area contributed by atoms with E-state index in [2.05, 4.69) is 15.5 Å². The molecule has 1 aliphatic rings. The van der Waals surface area contributed by atoms with E-state index in [-0.39, 0.29) is 12.0 Å². The minimum absolute atomic E-state index is 0.0182. The van der Waals surface area contributed by atoms with Crippen LogP contribution in [-0.4, -0.2) is 33.0 Å². The highest BCUT2D eigenvalue weighted by Crippen LogP contribution is 2.37. The number of carbonyl (C=O) groups is 1. The Hall–Kier alpha value is -3.78. The molecule has 0 aliphatic carbocycles. The van der Waals surface area contributed by atoms with Gasteiger partial charge in [-0.15, -0.1) is 10.2 Å². The third kappa shape index (κ3) is 5.23. The SMILES string of the molecule is Cc1cccc(C)c1NC(=O)CCCSc1nnc([C@H]2COc3ccccc3O2)n1-c1ccccc1. The normalized spacial score (nSPS) is 14.4. The molecule has 0 saturated carbocycles. The fourth-order valence-corrected chi connectivity index (χ4v) is 5.06. The van der Waals surface area contributed by atoms with E-state index in [0.29, 0.717) is 24.6 Å². The summed E-state index contributed by atoms with van der Waals surface area (Å²) >= 11 is 1.58. The maximum atomic E-state index is 12.5. The average molecular weight is 501 g/mol. The molecule has 1 aliphatic heterocycles. The quantitative estimate of drug-likeness (QED) is 0.239. The van der Waals surface area contributed by atoms with Crippen LogP contribution in [-0.2, 0) is 4.79 Å². The number of ether oxygens (including phenoxy) is 2. The number of rotatable bonds is 8. The number of carbonyl (C=O) groups excluding carboxylic acids is 1. The summed E-state index contributed by atoms with van der Waals surface area (Å²) in [7, 11) is 0. The topological polar surface area (TPSA) is 78.3 Å². The largest absolute Gasteiger partial charge is 0.485 e. The zero-order chi connectivity index (χ0) is 24.9. The highest BCUT2D eigenvalue weighted by Gasteiger charge is 2.29. The van der Waals surface area contributed by atoms with Crippen molar-refractivity contribution >= 4 is 23.4 Å². The summed E-state index contributed by atoms with van der Waals surface area (Å²) in [6.07, 6.45) is 0.767. The maximum Gasteiger partial charge on any atom is 0.224 e. The minimum atomic E-state index is -0.384. The summed E-state index contributed by atoms with van der Waals surface area (Å²) in [5.41, 5.74) is 3.99. The third-order valence-corrected chi connectivity index (χ3v) is 7.01. The molecular formula is C28H28N4O3S. The van der Waals surface area contributed by atoms with Crippen LogP contribution in [0, 0.1) is 13.8 Å². The maximum absolute atomic E-state index is 12.5. The van der Waals surface area contributed by atoms with E-state index in [1.807, 2.05) is 91.2 Å². The van der Waals surface area contributed by atoms with E-state index < -0.39 is 0 Å². The number of para-hydroxylation sites is 4. The molecule has 1 N–H and O–H groups in total. The van der Waals surface area contributed by atoms with Crippen LogP contribution in [0.5, 0.6) is 11.5 Å². The summed E-state index contributed by atoms with van der Waals surface area (Å²) in [5, 5.41) is 12.8. The number of nitrogens with zero attached hydrogens (tertiary/aromatic N) is 3. The van der Waals surface area contributed by atoms with Crippen LogP contribution in [0.2, 0.25) is 0 Å². The number of aromatic nitrogens is 3. The van der Waals surface area contributed by atoms with Crippen LogP contribution in [0.15, 0.2) is 78.0 Å². The van der Waals surface area contributed by atoms with E-state index in [4.69, 9.17) is 9.47 Å². The van der Waals surface area contributed by atoms with Crippen molar-refractivity contribution < 1.29 is 14.3 Å². The predicted molar refractivity (Wildman–Crippen MR) is 141 cm³/mol. The molecule has 0 bridgehead atoms. The van der Waals surface area contributed by atoms with Gasteiger partial charge in [0.2, 0.25) is 5.91 Å². The number of fused-ring (bicyclic) bond motifs is 1. The second kappa shape index (κ2) is 10.9. The number of benzene rings is 3. The van der Waals surface area contributed by atoms with Crippen LogP contribution in [0.1, 0.15) is 35.9 Å². The van der Waals surface area contributed by atoms with Gasteiger partial charge < -0.3 is 14.8 Å². The van der Waals surface area contributed by atoms with Gasteiger partial charge in [-0.3, -0.25) is 9.36 Å². The number of nitrogens with one attached hydrogen (secondary N) is 1. The van der Waals surface area contributed by atoms with Gasteiger partial charge in [0.15, 0.2) is 28.6 Å². The van der Waals surface area contributed by atoms with E-state index in [1.54, 1.807) is 11.8 Å². The van der Waals surface area contributed by atoms with Gasteiger partial charge >= 0.3 is 0 Å². The first-order valence-corrected chi connectivity index (χ1v) is 13.0. The second-order valence-electron chi connectivity index (χ2n) is 8.64. The lowest BCUT2D eigenvalue weighted by molar-refractivity contribution is -0.116. The molecule has 1 amide bonds. The van der Waals surface area contributed by atoms with Crippen LogP contribution in [0.4, 0.5) is 5.69 Å². The Morgan fingerprint density at radius 2 is 1.69 bits per heavy atom. The number of thioether (sulfide) groups is 1. The third-order valence-electron chi connectivity index (χ3n) is 5.99. The van der Waals surface area contributed by atoms with Crippen molar-refractivity contribution in [2.24, 2.45) is 0 Å². The number of hydrogen-bond acceptors (Lipinski definition) is 6. The molecule has 0 unspecified atom stereocenters. The van der Waals surface area contributed by atoms with Crippen LogP contribution < -0.4 is 14.8 Å². The molecule has 0 spiro atoms. The first kappa shape index (κ1) is 23.9. The molecular weight excluding hydrogens is 472 g/mol. The summed E-state index contributed by atoms with van der Waals surface area (Å²) in [4.78, 5) is 12.5. The van der Waals surface area contributed by atoms with Gasteiger partial charge in [-0.25, -0.2) is 0 Å². The number of anilines is 1. The highest BCUT2D eigenvalue weighted by atomic mass is 32.2. The molecule has 0 fully saturated rings. The fourth-order valence-electron chi connectivity index (χ4n) is 4.16. The van der Waals surface area contributed by atoms with Crippen LogP contribution >= 0.6 is 11.8 Å². The van der Waals surface area contributed by atoms with Crippen molar-refractivity contribution in [3.8, 4) is 17.2 Å². The smallest absolute Gasteiger partial charge is 0.224 e. The Kier molecular flexibility index (Phi) is 7.23. The fraction of sp³-hybridized carbons (Fsp3) is 0.250. The van der Waals surface area contributed by atoms with Gasteiger partial charge in [-0.1, -0.05) is 60.3 Å². The molecule has 184 valence electrons. The Morgan fingerprint density at radius 3 is 2.47 bits per heavy atom. The zero-order valence-corrected chi connectivity index (χ0v) is 21.1. The van der Waals surface area contributed by atoms with Crippen molar-refractivity contribution in [1.82, 2.24) is 14.8 Å². The van der Waals surface area contributed by atoms with Crippen molar-refractivity contribution in [2.45, 2.75) is 37.9 Å². The van der Waals surface area contributed by atoms with Crippen LogP contribution in [0.3, 0.4) is 0 Å². The average Bonchev–Trinajstić information content (AvgIpc) is 3.33. The molecule has 5 rings (SSSR count). The molecule has 0 radical (unpaired) electrons. The van der Waals surface area contributed by atoms with E-state index in [0.717, 1.165) is 45.6 Å². The number of amides is 1. The molecule has 4 aromatic rings. The molecule has 3 aromatic carbocycles. The van der Waals surface area contributed by atoms with Gasteiger partial charge in [-0.05, 0) is 55.7 Å². The van der Waals surface area contributed by atoms with Gasteiger partial charge in [0.05, 0.1) is 0 Å². The number of hydrogen-bond donors (Lipinski definition) is 1.